The summed E-state index contributed by atoms with van der Waals surface area (Å²) in [4.78, 5) is 22.9. The smallest absolute Gasteiger partial charge is 0.229 e. The van der Waals surface area contributed by atoms with Crippen LogP contribution in [0.1, 0.15) is 20.7 Å². The molecular weight excluding hydrogens is 336 g/mol. The fourth-order valence-corrected chi connectivity index (χ4v) is 2.40. The number of carbonyl (C=O) groups is 2. The Morgan fingerprint density at radius 3 is 2.19 bits per heavy atom. The van der Waals surface area contributed by atoms with Gasteiger partial charge >= 0.3 is 0 Å². The molecule has 4 heteroatoms. The van der Waals surface area contributed by atoms with Crippen molar-refractivity contribution in [3.8, 4) is 0 Å². The molecule has 0 saturated carbocycles. The summed E-state index contributed by atoms with van der Waals surface area (Å²) in [5.74, 6) is 0. The molecule has 2 aromatic carbocycles. The summed E-state index contributed by atoms with van der Waals surface area (Å²) in [5, 5.41) is 1.71. The average Bonchev–Trinajstić information content (AvgIpc) is 2.27. The Morgan fingerprint density at radius 2 is 1.56 bits per heavy atom. The molecule has 80 valence electrons. The van der Waals surface area contributed by atoms with Gasteiger partial charge in [0.15, 0.2) is 0 Å². The van der Waals surface area contributed by atoms with Crippen LogP contribution in [0.25, 0.3) is 10.8 Å². The van der Waals surface area contributed by atoms with Gasteiger partial charge in [-0.15, -0.1) is 0 Å². The molecule has 0 saturated heterocycles. The Bertz CT molecular complexity index is 591. The molecule has 0 fully saturated rings. The normalized spacial score (nSPS) is 10.4. The second-order valence-electron chi connectivity index (χ2n) is 3.26. The fraction of sp³-hybridized carbons (Fsp3) is 0. The van der Waals surface area contributed by atoms with E-state index in [9.17, 15) is 9.59 Å². The third kappa shape index (κ3) is 1.95. The zero-order chi connectivity index (χ0) is 11.7. The lowest BCUT2D eigenvalue weighted by atomic mass is 10.0. The number of rotatable bonds is 2. The summed E-state index contributed by atoms with van der Waals surface area (Å²) in [6.45, 7) is 0. The van der Waals surface area contributed by atoms with Gasteiger partial charge in [0.25, 0.3) is 0 Å². The van der Waals surface area contributed by atoms with Crippen molar-refractivity contribution in [3.63, 3.8) is 0 Å². The van der Waals surface area contributed by atoms with Crippen LogP contribution >= 0.6 is 31.9 Å². The Morgan fingerprint density at radius 1 is 0.875 bits per heavy atom. The van der Waals surface area contributed by atoms with Crippen molar-refractivity contribution in [2.45, 2.75) is 0 Å². The lowest BCUT2D eigenvalue weighted by Crippen LogP contribution is -2.01. The van der Waals surface area contributed by atoms with E-state index in [0.717, 1.165) is 10.8 Å². The molecule has 2 rings (SSSR count). The van der Waals surface area contributed by atoms with Gasteiger partial charge in [0, 0.05) is 11.1 Å². The van der Waals surface area contributed by atoms with E-state index in [1.807, 2.05) is 30.3 Å². The number of fused-ring (bicyclic) bond motifs is 1. The van der Waals surface area contributed by atoms with E-state index in [1.54, 1.807) is 6.07 Å². The Kier molecular flexibility index (Phi) is 3.21. The van der Waals surface area contributed by atoms with E-state index >= 15 is 0 Å². The van der Waals surface area contributed by atoms with E-state index < -0.39 is 0 Å². The summed E-state index contributed by atoms with van der Waals surface area (Å²) >= 11 is 5.79. The van der Waals surface area contributed by atoms with Gasteiger partial charge in [0.05, 0.1) is 0 Å². The van der Waals surface area contributed by atoms with Crippen molar-refractivity contribution in [3.05, 3.63) is 47.5 Å². The summed E-state index contributed by atoms with van der Waals surface area (Å²) in [6, 6.07) is 10.9. The number of carbonyl (C=O) groups excluding carboxylic acids is 2. The Labute approximate surface area is 109 Å². The fourth-order valence-electron chi connectivity index (χ4n) is 1.65. The molecule has 0 spiro atoms. The van der Waals surface area contributed by atoms with Crippen LogP contribution in [0.2, 0.25) is 0 Å². The van der Waals surface area contributed by atoms with Crippen LogP contribution < -0.4 is 0 Å². The van der Waals surface area contributed by atoms with E-state index in [-0.39, 0.29) is 9.39 Å². The molecule has 0 amide bonds. The zero-order valence-electron chi connectivity index (χ0n) is 8.04. The molecule has 16 heavy (non-hydrogen) atoms. The van der Waals surface area contributed by atoms with Gasteiger partial charge in [-0.2, -0.15) is 0 Å². The van der Waals surface area contributed by atoms with Gasteiger partial charge < -0.3 is 0 Å². The van der Waals surface area contributed by atoms with Gasteiger partial charge in [-0.05, 0) is 48.7 Å². The highest BCUT2D eigenvalue weighted by molar-refractivity contribution is 9.18. The van der Waals surface area contributed by atoms with Gasteiger partial charge in [-0.1, -0.05) is 30.3 Å². The van der Waals surface area contributed by atoms with E-state index in [2.05, 4.69) is 31.9 Å². The molecule has 0 unspecified atom stereocenters. The first kappa shape index (κ1) is 11.5. The number of hydrogen-bond acceptors (Lipinski definition) is 2. The topological polar surface area (TPSA) is 34.1 Å². The quantitative estimate of drug-likeness (QED) is 0.776. The third-order valence-corrected chi connectivity index (χ3v) is 3.16. The van der Waals surface area contributed by atoms with Crippen LogP contribution in [0.5, 0.6) is 0 Å². The van der Waals surface area contributed by atoms with Gasteiger partial charge in [0.1, 0.15) is 0 Å². The average molecular weight is 342 g/mol. The van der Waals surface area contributed by atoms with Crippen LogP contribution in [0, 0.1) is 0 Å². The molecule has 0 N–H and O–H groups in total. The molecule has 0 aliphatic carbocycles. The molecule has 0 bridgehead atoms. The molecule has 0 atom stereocenters. The molecule has 0 radical (unpaired) electrons. The SMILES string of the molecule is O=C(Br)c1ccc2ccccc2c1C(=O)Br. The highest BCUT2D eigenvalue weighted by Gasteiger charge is 2.16. The molecule has 0 aliphatic rings. The second-order valence-corrected chi connectivity index (χ2v) is 4.70. The lowest BCUT2D eigenvalue weighted by Gasteiger charge is -2.06. The van der Waals surface area contributed by atoms with Crippen LogP contribution in [0.3, 0.4) is 0 Å². The Balaban J connectivity index is 2.90. The molecule has 2 aromatic rings. The largest absolute Gasteiger partial charge is 0.281 e. The maximum absolute atomic E-state index is 11.5. The molecular formula is C12H6Br2O2. The highest BCUT2D eigenvalue weighted by atomic mass is 79.9. The van der Waals surface area contributed by atoms with Crippen LogP contribution in [-0.2, 0) is 0 Å². The van der Waals surface area contributed by atoms with Crippen molar-refractivity contribution in [2.24, 2.45) is 0 Å². The Hall–Kier alpha value is -1.000. The summed E-state index contributed by atoms with van der Waals surface area (Å²) in [5.41, 5.74) is 0.778. The highest BCUT2D eigenvalue weighted by Crippen LogP contribution is 2.26. The predicted octanol–water partition coefficient (Wildman–Crippen LogP) is 3.91. The minimum absolute atomic E-state index is 0.285. The number of hydrogen-bond donors (Lipinski definition) is 0. The summed E-state index contributed by atoms with van der Waals surface area (Å²) in [7, 11) is 0. The minimum atomic E-state index is -0.291. The lowest BCUT2D eigenvalue weighted by molar-refractivity contribution is 0.106. The maximum Gasteiger partial charge on any atom is 0.229 e. The standard InChI is InChI=1S/C12H6Br2O2/c13-11(15)9-6-5-7-3-1-2-4-8(7)10(9)12(14)16/h1-6H. The van der Waals surface area contributed by atoms with Crippen LogP contribution in [-0.4, -0.2) is 9.39 Å². The van der Waals surface area contributed by atoms with Crippen molar-refractivity contribution in [1.82, 2.24) is 0 Å². The molecule has 0 heterocycles. The third-order valence-electron chi connectivity index (χ3n) is 2.34. The first-order valence-electron chi connectivity index (χ1n) is 4.52. The van der Waals surface area contributed by atoms with Crippen molar-refractivity contribution >= 4 is 52.0 Å². The van der Waals surface area contributed by atoms with E-state index in [4.69, 9.17) is 0 Å². The minimum Gasteiger partial charge on any atom is -0.281 e. The van der Waals surface area contributed by atoms with E-state index in [1.165, 1.54) is 0 Å². The van der Waals surface area contributed by atoms with Gasteiger partial charge in [-0.3, -0.25) is 9.59 Å². The van der Waals surface area contributed by atoms with Crippen LogP contribution in [0.4, 0.5) is 0 Å². The molecule has 0 aromatic heterocycles. The molecule has 0 aliphatic heterocycles. The predicted molar refractivity (Wildman–Crippen MR) is 70.5 cm³/mol. The first-order chi connectivity index (χ1) is 7.61. The summed E-state index contributed by atoms with van der Waals surface area (Å²) in [6.07, 6.45) is 0. The van der Waals surface area contributed by atoms with Crippen molar-refractivity contribution in [1.29, 1.82) is 0 Å². The first-order valence-corrected chi connectivity index (χ1v) is 6.11. The zero-order valence-corrected chi connectivity index (χ0v) is 11.2. The van der Waals surface area contributed by atoms with Crippen LogP contribution in [0.15, 0.2) is 36.4 Å². The number of halogens is 2. The summed E-state index contributed by atoms with van der Waals surface area (Å²) < 4.78 is -0.576. The molecule has 2 nitrogen and oxygen atoms in total. The van der Waals surface area contributed by atoms with E-state index in [0.29, 0.717) is 11.1 Å². The second kappa shape index (κ2) is 4.47. The number of benzene rings is 2. The monoisotopic (exact) mass is 340 g/mol. The van der Waals surface area contributed by atoms with Gasteiger partial charge in [-0.25, -0.2) is 0 Å². The maximum atomic E-state index is 11.5. The van der Waals surface area contributed by atoms with Crippen molar-refractivity contribution in [2.75, 3.05) is 0 Å². The van der Waals surface area contributed by atoms with Crippen molar-refractivity contribution < 1.29 is 9.59 Å². The van der Waals surface area contributed by atoms with Gasteiger partial charge in [0.2, 0.25) is 9.39 Å².